The van der Waals surface area contributed by atoms with Gasteiger partial charge in [-0.3, -0.25) is 9.36 Å². The molecule has 24 heavy (non-hydrogen) atoms. The third-order valence-electron chi connectivity index (χ3n) is 4.51. The molecule has 0 saturated heterocycles. The maximum atomic E-state index is 12.1. The van der Waals surface area contributed by atoms with Crippen LogP contribution >= 0.6 is 0 Å². The van der Waals surface area contributed by atoms with Gasteiger partial charge in [0.15, 0.2) is 0 Å². The van der Waals surface area contributed by atoms with Crippen LogP contribution in [0.15, 0.2) is 48.7 Å². The van der Waals surface area contributed by atoms with Crippen molar-refractivity contribution in [2.24, 2.45) is 0 Å². The molecule has 1 N–H and O–H groups in total. The van der Waals surface area contributed by atoms with Crippen LogP contribution in [-0.2, 0) is 13.1 Å². The molecule has 0 atom stereocenters. The molecule has 1 aromatic heterocycles. The van der Waals surface area contributed by atoms with Crippen molar-refractivity contribution in [1.29, 1.82) is 0 Å². The summed E-state index contributed by atoms with van der Waals surface area (Å²) in [6, 6.07) is 15.1. The molecular formula is C20H21N3O. The third kappa shape index (κ3) is 2.64. The standard InChI is InChI=1S/C20H21N3O/c1-22(2)13-14-3-5-15(6-4-14)17-9-16-7-8-23-19(24)12-21-11-18(10-17)20(16)23/h3-10,21H,11-13H2,1-2H3. The van der Waals surface area contributed by atoms with E-state index in [1.54, 1.807) is 4.57 Å². The Bertz CT molecular complexity index is 907. The monoisotopic (exact) mass is 319 g/mol. The Morgan fingerprint density at radius 2 is 1.83 bits per heavy atom. The second-order valence-electron chi connectivity index (χ2n) is 6.69. The highest BCUT2D eigenvalue weighted by molar-refractivity contribution is 5.97. The predicted octanol–water partition coefficient (Wildman–Crippen LogP) is 3.11. The summed E-state index contributed by atoms with van der Waals surface area (Å²) < 4.78 is 1.77. The maximum Gasteiger partial charge on any atom is 0.245 e. The van der Waals surface area contributed by atoms with Crippen molar-refractivity contribution in [3.05, 3.63) is 59.8 Å². The van der Waals surface area contributed by atoms with E-state index in [0.717, 1.165) is 24.0 Å². The molecule has 0 saturated carbocycles. The van der Waals surface area contributed by atoms with E-state index in [-0.39, 0.29) is 5.91 Å². The summed E-state index contributed by atoms with van der Waals surface area (Å²) in [5.41, 5.74) is 5.93. The Kier molecular flexibility index (Phi) is 3.71. The van der Waals surface area contributed by atoms with Crippen LogP contribution in [0.5, 0.6) is 0 Å². The molecule has 0 bridgehead atoms. The largest absolute Gasteiger partial charge is 0.305 e. The van der Waals surface area contributed by atoms with Crippen LogP contribution < -0.4 is 5.32 Å². The molecule has 2 aromatic carbocycles. The van der Waals surface area contributed by atoms with Crippen LogP contribution in [0, 0.1) is 0 Å². The number of aromatic nitrogens is 1. The van der Waals surface area contributed by atoms with E-state index in [1.165, 1.54) is 22.3 Å². The number of rotatable bonds is 3. The average molecular weight is 319 g/mol. The Morgan fingerprint density at radius 3 is 2.58 bits per heavy atom. The number of benzene rings is 2. The second kappa shape index (κ2) is 5.89. The lowest BCUT2D eigenvalue weighted by Crippen LogP contribution is -2.23. The Labute approximate surface area is 141 Å². The highest BCUT2D eigenvalue weighted by atomic mass is 16.2. The molecule has 0 unspecified atom stereocenters. The van der Waals surface area contributed by atoms with Gasteiger partial charge in [-0.15, -0.1) is 0 Å². The van der Waals surface area contributed by atoms with E-state index in [4.69, 9.17) is 0 Å². The summed E-state index contributed by atoms with van der Waals surface area (Å²) in [5, 5.41) is 4.35. The summed E-state index contributed by atoms with van der Waals surface area (Å²) >= 11 is 0. The van der Waals surface area contributed by atoms with E-state index in [1.807, 2.05) is 12.3 Å². The number of carbonyl (C=O) groups is 1. The van der Waals surface area contributed by atoms with Crippen molar-refractivity contribution in [1.82, 2.24) is 14.8 Å². The Hall–Kier alpha value is -2.43. The molecule has 2 heterocycles. The van der Waals surface area contributed by atoms with Gasteiger partial charge >= 0.3 is 0 Å². The predicted molar refractivity (Wildman–Crippen MR) is 97.1 cm³/mol. The zero-order valence-corrected chi connectivity index (χ0v) is 14.0. The molecule has 4 heteroatoms. The van der Waals surface area contributed by atoms with Gasteiger partial charge in [-0.05, 0) is 54.5 Å². The zero-order chi connectivity index (χ0) is 16.7. The highest BCUT2D eigenvalue weighted by Crippen LogP contribution is 2.30. The number of nitrogens with one attached hydrogen (secondary N) is 1. The zero-order valence-electron chi connectivity index (χ0n) is 14.0. The van der Waals surface area contributed by atoms with E-state index < -0.39 is 0 Å². The normalized spacial score (nSPS) is 14.4. The Balaban J connectivity index is 1.77. The van der Waals surface area contributed by atoms with Crippen LogP contribution in [0.25, 0.3) is 22.0 Å². The fourth-order valence-corrected chi connectivity index (χ4v) is 3.44. The molecule has 122 valence electrons. The van der Waals surface area contributed by atoms with E-state index in [2.05, 4.69) is 60.7 Å². The molecule has 4 rings (SSSR count). The lowest BCUT2D eigenvalue weighted by Gasteiger charge is -2.11. The first-order valence-electron chi connectivity index (χ1n) is 8.24. The number of hydrogen-bond donors (Lipinski definition) is 1. The summed E-state index contributed by atoms with van der Waals surface area (Å²) in [4.78, 5) is 14.3. The van der Waals surface area contributed by atoms with Crippen molar-refractivity contribution in [2.45, 2.75) is 13.1 Å². The van der Waals surface area contributed by atoms with Crippen molar-refractivity contribution in [3.63, 3.8) is 0 Å². The first-order valence-corrected chi connectivity index (χ1v) is 8.24. The average Bonchev–Trinajstić information content (AvgIpc) is 2.91. The first-order chi connectivity index (χ1) is 11.6. The van der Waals surface area contributed by atoms with Gasteiger partial charge in [0, 0.05) is 24.7 Å². The minimum atomic E-state index is 0.101. The summed E-state index contributed by atoms with van der Waals surface area (Å²) in [7, 11) is 4.16. The van der Waals surface area contributed by atoms with E-state index in [0.29, 0.717) is 6.54 Å². The van der Waals surface area contributed by atoms with Crippen LogP contribution in [0.3, 0.4) is 0 Å². The van der Waals surface area contributed by atoms with Gasteiger partial charge in [-0.2, -0.15) is 0 Å². The fourth-order valence-electron chi connectivity index (χ4n) is 3.44. The summed E-state index contributed by atoms with van der Waals surface area (Å²) in [5.74, 6) is 0.101. The highest BCUT2D eigenvalue weighted by Gasteiger charge is 2.17. The lowest BCUT2D eigenvalue weighted by atomic mass is 9.99. The first kappa shape index (κ1) is 15.1. The Morgan fingerprint density at radius 1 is 1.04 bits per heavy atom. The minimum Gasteiger partial charge on any atom is -0.305 e. The van der Waals surface area contributed by atoms with Gasteiger partial charge in [0.2, 0.25) is 5.91 Å². The number of carbonyl (C=O) groups excluding carboxylic acids is 1. The van der Waals surface area contributed by atoms with Crippen LogP contribution in [0.2, 0.25) is 0 Å². The van der Waals surface area contributed by atoms with Crippen molar-refractivity contribution in [3.8, 4) is 11.1 Å². The van der Waals surface area contributed by atoms with Crippen LogP contribution in [0.1, 0.15) is 15.9 Å². The van der Waals surface area contributed by atoms with E-state index >= 15 is 0 Å². The molecule has 0 fully saturated rings. The molecule has 0 spiro atoms. The third-order valence-corrected chi connectivity index (χ3v) is 4.51. The van der Waals surface area contributed by atoms with Gasteiger partial charge in [-0.25, -0.2) is 0 Å². The molecule has 3 aromatic rings. The molecule has 4 nitrogen and oxygen atoms in total. The lowest BCUT2D eigenvalue weighted by molar-refractivity contribution is 0.0920. The van der Waals surface area contributed by atoms with Crippen LogP contribution in [0.4, 0.5) is 0 Å². The van der Waals surface area contributed by atoms with Crippen molar-refractivity contribution < 1.29 is 4.79 Å². The van der Waals surface area contributed by atoms with Crippen molar-refractivity contribution >= 4 is 16.8 Å². The number of hydrogen-bond acceptors (Lipinski definition) is 3. The maximum absolute atomic E-state index is 12.1. The number of nitrogens with zero attached hydrogens (tertiary/aromatic N) is 2. The van der Waals surface area contributed by atoms with Gasteiger partial charge in [0.1, 0.15) is 0 Å². The van der Waals surface area contributed by atoms with Gasteiger partial charge < -0.3 is 10.2 Å². The van der Waals surface area contributed by atoms with Gasteiger partial charge in [0.25, 0.3) is 0 Å². The summed E-state index contributed by atoms with van der Waals surface area (Å²) in [6.07, 6.45) is 1.88. The molecule has 1 aliphatic rings. The van der Waals surface area contributed by atoms with Gasteiger partial charge in [0.05, 0.1) is 12.1 Å². The molecule has 0 radical (unpaired) electrons. The van der Waals surface area contributed by atoms with Crippen LogP contribution in [-0.4, -0.2) is 36.0 Å². The molecule has 0 aliphatic carbocycles. The topological polar surface area (TPSA) is 37.3 Å². The molecule has 1 aliphatic heterocycles. The smallest absolute Gasteiger partial charge is 0.245 e. The second-order valence-corrected chi connectivity index (χ2v) is 6.69. The fraction of sp³-hybridized carbons (Fsp3) is 0.250. The van der Waals surface area contributed by atoms with Crippen molar-refractivity contribution in [2.75, 3.05) is 20.6 Å². The molecular weight excluding hydrogens is 298 g/mol. The minimum absolute atomic E-state index is 0.101. The molecule has 0 amide bonds. The quantitative estimate of drug-likeness (QED) is 0.806. The van der Waals surface area contributed by atoms with E-state index in [9.17, 15) is 4.79 Å². The SMILES string of the molecule is CN(C)Cc1ccc(-c2cc3c4c(ccn4C(=O)CNC3)c2)cc1. The summed E-state index contributed by atoms with van der Waals surface area (Å²) in [6.45, 7) is 2.05. The van der Waals surface area contributed by atoms with Gasteiger partial charge in [-0.1, -0.05) is 24.3 Å².